The minimum atomic E-state index is -0.752. The molecule has 1 aliphatic carbocycles. The van der Waals surface area contributed by atoms with Crippen LogP contribution in [0.25, 0.3) is 0 Å². The van der Waals surface area contributed by atoms with E-state index in [2.05, 4.69) is 0 Å². The van der Waals surface area contributed by atoms with Crippen LogP contribution in [0.4, 0.5) is 0 Å². The van der Waals surface area contributed by atoms with Crippen LogP contribution < -0.4 is 0 Å². The first-order valence-electron chi connectivity index (χ1n) is 4.88. The van der Waals surface area contributed by atoms with E-state index in [-0.39, 0.29) is 17.7 Å². The average Bonchev–Trinajstić information content (AvgIpc) is 2.45. The molecule has 0 bridgehead atoms. The van der Waals surface area contributed by atoms with Gasteiger partial charge in [-0.25, -0.2) is 0 Å². The molecule has 2 atom stereocenters. The summed E-state index contributed by atoms with van der Waals surface area (Å²) in [5, 5.41) is 0. The van der Waals surface area contributed by atoms with Crippen LogP contribution in [0, 0.1) is 11.3 Å². The van der Waals surface area contributed by atoms with Crippen molar-refractivity contribution < 1.29 is 14.3 Å². The van der Waals surface area contributed by atoms with Crippen molar-refractivity contribution in [3.05, 3.63) is 0 Å². The number of hydrogen-bond acceptors (Lipinski definition) is 3. The van der Waals surface area contributed by atoms with Gasteiger partial charge < -0.3 is 4.74 Å². The summed E-state index contributed by atoms with van der Waals surface area (Å²) in [4.78, 5) is 23.3. The smallest absolute Gasteiger partial charge is 0.319 e. The van der Waals surface area contributed by atoms with Crippen molar-refractivity contribution in [3.63, 3.8) is 0 Å². The highest BCUT2D eigenvalue weighted by molar-refractivity contribution is 6.05. The Bertz CT molecular complexity index is 259. The molecule has 1 aliphatic heterocycles. The van der Waals surface area contributed by atoms with Crippen molar-refractivity contribution in [1.29, 1.82) is 0 Å². The summed E-state index contributed by atoms with van der Waals surface area (Å²) in [6.45, 7) is 2.47. The fourth-order valence-electron chi connectivity index (χ4n) is 2.53. The van der Waals surface area contributed by atoms with E-state index in [0.717, 1.165) is 12.8 Å². The van der Waals surface area contributed by atoms with Crippen LogP contribution in [0.15, 0.2) is 0 Å². The van der Waals surface area contributed by atoms with Gasteiger partial charge in [0, 0.05) is 6.42 Å². The summed E-state index contributed by atoms with van der Waals surface area (Å²) >= 11 is 0. The lowest BCUT2D eigenvalue weighted by Gasteiger charge is -2.35. The Morgan fingerprint density at radius 2 is 2.23 bits per heavy atom. The molecule has 3 heteroatoms. The summed E-state index contributed by atoms with van der Waals surface area (Å²) in [6, 6.07) is 0. The van der Waals surface area contributed by atoms with E-state index in [0.29, 0.717) is 19.4 Å². The van der Waals surface area contributed by atoms with E-state index in [1.165, 1.54) is 0 Å². The molecule has 0 amide bonds. The first kappa shape index (κ1) is 8.73. The third kappa shape index (κ3) is 1.02. The minimum Gasteiger partial charge on any atom is -0.465 e. The molecule has 0 unspecified atom stereocenters. The molecular weight excluding hydrogens is 168 g/mol. The lowest BCUT2D eigenvalue weighted by Crippen LogP contribution is -2.46. The number of rotatable bonds is 0. The molecule has 2 rings (SSSR count). The van der Waals surface area contributed by atoms with Gasteiger partial charge in [-0.1, -0.05) is 6.92 Å². The number of hydrogen-bond donors (Lipinski definition) is 0. The predicted molar refractivity (Wildman–Crippen MR) is 46.0 cm³/mol. The maximum Gasteiger partial charge on any atom is 0.319 e. The topological polar surface area (TPSA) is 43.4 Å². The van der Waals surface area contributed by atoms with E-state index in [9.17, 15) is 9.59 Å². The molecule has 2 fully saturated rings. The molecule has 0 aromatic rings. The zero-order chi connectivity index (χ0) is 9.47. The van der Waals surface area contributed by atoms with Gasteiger partial charge in [0.1, 0.15) is 11.2 Å². The summed E-state index contributed by atoms with van der Waals surface area (Å²) in [7, 11) is 0. The second-order valence-electron chi connectivity index (χ2n) is 4.07. The van der Waals surface area contributed by atoms with Crippen LogP contribution in [-0.4, -0.2) is 18.4 Å². The molecule has 72 valence electrons. The Morgan fingerprint density at radius 1 is 1.46 bits per heavy atom. The molecule has 0 aromatic heterocycles. The van der Waals surface area contributed by atoms with E-state index in [1.54, 1.807) is 0 Å². The van der Waals surface area contributed by atoms with Crippen LogP contribution in [-0.2, 0) is 14.3 Å². The van der Waals surface area contributed by atoms with Gasteiger partial charge in [-0.2, -0.15) is 0 Å². The van der Waals surface area contributed by atoms with Crippen LogP contribution in [0.2, 0.25) is 0 Å². The number of carbonyl (C=O) groups excluding carboxylic acids is 2. The monoisotopic (exact) mass is 182 g/mol. The van der Waals surface area contributed by atoms with Crippen molar-refractivity contribution in [1.82, 2.24) is 0 Å². The second-order valence-corrected chi connectivity index (χ2v) is 4.07. The third-order valence-corrected chi connectivity index (χ3v) is 3.46. The van der Waals surface area contributed by atoms with Crippen molar-refractivity contribution in [2.75, 3.05) is 6.61 Å². The summed E-state index contributed by atoms with van der Waals surface area (Å²) in [5.41, 5.74) is -0.752. The Balaban J connectivity index is 2.35. The Morgan fingerprint density at radius 3 is 2.77 bits per heavy atom. The first-order valence-corrected chi connectivity index (χ1v) is 4.88. The van der Waals surface area contributed by atoms with Gasteiger partial charge in [0.25, 0.3) is 0 Å². The number of cyclic esters (lactones) is 1. The van der Waals surface area contributed by atoms with Gasteiger partial charge in [0.15, 0.2) is 0 Å². The maximum atomic E-state index is 11.7. The number of esters is 1. The summed E-state index contributed by atoms with van der Waals surface area (Å²) < 4.78 is 5.00. The molecule has 1 saturated carbocycles. The zero-order valence-electron chi connectivity index (χ0n) is 7.84. The molecule has 1 spiro atoms. The van der Waals surface area contributed by atoms with Crippen LogP contribution in [0.1, 0.15) is 32.6 Å². The largest absolute Gasteiger partial charge is 0.465 e. The average molecular weight is 182 g/mol. The van der Waals surface area contributed by atoms with Gasteiger partial charge in [-0.05, 0) is 25.2 Å². The molecule has 3 nitrogen and oxygen atoms in total. The maximum absolute atomic E-state index is 11.7. The number of ketones is 1. The van der Waals surface area contributed by atoms with Crippen molar-refractivity contribution in [2.45, 2.75) is 32.6 Å². The van der Waals surface area contributed by atoms with Crippen LogP contribution in [0.5, 0.6) is 0 Å². The lowest BCUT2D eigenvalue weighted by atomic mass is 9.71. The van der Waals surface area contributed by atoms with E-state index >= 15 is 0 Å². The Kier molecular flexibility index (Phi) is 1.90. The van der Waals surface area contributed by atoms with Gasteiger partial charge >= 0.3 is 5.97 Å². The van der Waals surface area contributed by atoms with Crippen LogP contribution in [0.3, 0.4) is 0 Å². The Hall–Kier alpha value is -0.860. The van der Waals surface area contributed by atoms with Crippen molar-refractivity contribution in [3.8, 4) is 0 Å². The Labute approximate surface area is 77.4 Å². The number of carbonyl (C=O) groups is 2. The zero-order valence-corrected chi connectivity index (χ0v) is 7.84. The first-order chi connectivity index (χ1) is 6.18. The summed E-state index contributed by atoms with van der Waals surface area (Å²) in [5.74, 6) is 0.00204. The molecule has 2 aliphatic rings. The standard InChI is InChI=1S/C10H14O3/c1-7-4-6-13-9(12)10(7)5-2-3-8(10)11/h7H,2-6H2,1H3/t7-,10-/m1/s1. The molecule has 0 N–H and O–H groups in total. The molecule has 0 aromatic carbocycles. The van der Waals surface area contributed by atoms with Crippen LogP contribution >= 0.6 is 0 Å². The summed E-state index contributed by atoms with van der Waals surface area (Å²) in [6.07, 6.45) is 2.93. The molecule has 1 heterocycles. The fraction of sp³-hybridized carbons (Fsp3) is 0.800. The van der Waals surface area contributed by atoms with E-state index in [1.807, 2.05) is 6.92 Å². The highest BCUT2D eigenvalue weighted by Crippen LogP contribution is 2.45. The lowest BCUT2D eigenvalue weighted by molar-refractivity contribution is -0.169. The highest BCUT2D eigenvalue weighted by Gasteiger charge is 2.55. The van der Waals surface area contributed by atoms with Crippen molar-refractivity contribution >= 4 is 11.8 Å². The highest BCUT2D eigenvalue weighted by atomic mass is 16.5. The van der Waals surface area contributed by atoms with E-state index < -0.39 is 5.41 Å². The SMILES string of the molecule is C[C@@H]1CCOC(=O)[C@]12CCCC2=O. The van der Waals surface area contributed by atoms with Gasteiger partial charge in [0.05, 0.1) is 6.61 Å². The minimum absolute atomic E-state index is 0.102. The molecule has 13 heavy (non-hydrogen) atoms. The number of ether oxygens (including phenoxy) is 1. The fourth-order valence-corrected chi connectivity index (χ4v) is 2.53. The second kappa shape index (κ2) is 2.82. The third-order valence-electron chi connectivity index (χ3n) is 3.46. The quantitative estimate of drug-likeness (QED) is 0.419. The molecule has 1 saturated heterocycles. The number of Topliss-reactive ketones (excluding diaryl/α,β-unsaturated/α-hetero) is 1. The normalized spacial score (nSPS) is 39.6. The van der Waals surface area contributed by atoms with E-state index in [4.69, 9.17) is 4.74 Å². The molecular formula is C10H14O3. The van der Waals surface area contributed by atoms with Gasteiger partial charge in [-0.3, -0.25) is 9.59 Å². The van der Waals surface area contributed by atoms with Gasteiger partial charge in [0.2, 0.25) is 0 Å². The van der Waals surface area contributed by atoms with Crippen molar-refractivity contribution in [2.24, 2.45) is 11.3 Å². The molecule has 0 radical (unpaired) electrons. The predicted octanol–water partition coefficient (Wildman–Crippen LogP) is 1.31. The van der Waals surface area contributed by atoms with Gasteiger partial charge in [-0.15, -0.1) is 0 Å².